The Bertz CT molecular complexity index is 7650. The van der Waals surface area contributed by atoms with Gasteiger partial charge in [-0.25, -0.2) is 59.8 Å². The summed E-state index contributed by atoms with van der Waals surface area (Å²) in [5.74, 6) is 6.92. The van der Waals surface area contributed by atoms with E-state index in [-0.39, 0.29) is 48.8 Å². The van der Waals surface area contributed by atoms with Gasteiger partial charge in [0.25, 0.3) is 0 Å². The highest BCUT2D eigenvalue weighted by Crippen LogP contribution is 2.34. The van der Waals surface area contributed by atoms with E-state index in [0.29, 0.717) is 71.7 Å². The van der Waals surface area contributed by atoms with E-state index in [1.165, 1.54) is 6.33 Å². The number of Topliss-reactive ketones (excluding diaryl/α,β-unsaturated/α-hetero) is 4. The average Bonchev–Trinajstić information content (AvgIpc) is 1.65. The first kappa shape index (κ1) is 91.0. The number of aromatic amines is 4. The van der Waals surface area contributed by atoms with Gasteiger partial charge in [0.2, 0.25) is 0 Å². The van der Waals surface area contributed by atoms with Crippen molar-refractivity contribution in [1.29, 1.82) is 0 Å². The van der Waals surface area contributed by atoms with Crippen molar-refractivity contribution in [2.75, 3.05) is 0 Å². The summed E-state index contributed by atoms with van der Waals surface area (Å²) >= 11 is 0. The SMILES string of the molecule is Cc1cn(-c2nccc3[nH]c(-c4ccc(CC(=O)Cc5cc(-c6ccccc6)no5)cc4)cc23)cn1.Cc1cn(-c2nccc3[nH]c(-c4ccc(CC(=O)Cc5cc(-c6ccncc6)no5)cc4)nc23)cn1.Cc1cn(-c2ncnc3[nH]c(-c4ccc(CC(=O)Cc5cc(-c6ccccc6)no5)cc4)cc23)cn1.Cc1cn(-c2ncnc3nc(-c4ccc(CC(=O)Cc5cc(-c6ccccc6)no5)cc4)[nH]c23)cn1. The maximum Gasteiger partial charge on any atom is 0.183 e. The number of aromatic nitrogens is 25. The number of nitrogens with zero attached hydrogens (tertiary/aromatic N) is 21. The second kappa shape index (κ2) is 41.1. The molecular formula is C111H87N25O8. The number of hydrogen-bond donors (Lipinski definition) is 4. The van der Waals surface area contributed by atoms with Gasteiger partial charge in [0.15, 0.2) is 23.1 Å². The van der Waals surface area contributed by atoms with Crippen LogP contribution in [0.5, 0.6) is 0 Å². The quantitative estimate of drug-likeness (QED) is 0.0354. The largest absolute Gasteiger partial charge is 0.360 e. The maximum atomic E-state index is 12.7. The summed E-state index contributed by atoms with van der Waals surface area (Å²) in [5.41, 5.74) is 24.6. The molecule has 0 aliphatic heterocycles. The van der Waals surface area contributed by atoms with Crippen molar-refractivity contribution in [2.45, 2.75) is 79.1 Å². The van der Waals surface area contributed by atoms with E-state index in [4.69, 9.17) is 23.1 Å². The van der Waals surface area contributed by atoms with E-state index in [1.807, 2.05) is 307 Å². The predicted molar refractivity (Wildman–Crippen MR) is 540 cm³/mol. The monoisotopic (exact) mass is 1900 g/mol. The number of nitrogens with one attached hydrogen (secondary N) is 4. The molecule has 33 nitrogen and oxygen atoms in total. The van der Waals surface area contributed by atoms with Gasteiger partial charge in [-0.15, -0.1) is 0 Å². The molecule has 0 aliphatic rings. The minimum absolute atomic E-state index is 0.0512. The van der Waals surface area contributed by atoms with E-state index < -0.39 is 0 Å². The molecule has 4 N–H and O–H groups in total. The Morgan fingerprint density at radius 1 is 0.292 bits per heavy atom. The average molecular weight is 1900 g/mol. The van der Waals surface area contributed by atoms with Gasteiger partial charge in [0.05, 0.1) is 64.9 Å². The molecule has 33 heteroatoms. The van der Waals surface area contributed by atoms with Crippen LogP contribution in [0.2, 0.25) is 0 Å². The van der Waals surface area contributed by atoms with Gasteiger partial charge in [0, 0.05) is 150 Å². The van der Waals surface area contributed by atoms with Crippen molar-refractivity contribution in [3.63, 3.8) is 0 Å². The van der Waals surface area contributed by atoms with Crippen molar-refractivity contribution < 1.29 is 37.3 Å². The molecule has 24 aromatic rings. The summed E-state index contributed by atoms with van der Waals surface area (Å²) in [6.45, 7) is 7.76. The molecule has 704 valence electrons. The lowest BCUT2D eigenvalue weighted by atomic mass is 10.0. The first-order valence-corrected chi connectivity index (χ1v) is 46.2. The zero-order chi connectivity index (χ0) is 97.9. The second-order valence-corrected chi connectivity index (χ2v) is 34.6. The first-order chi connectivity index (χ1) is 70.5. The van der Waals surface area contributed by atoms with E-state index in [0.717, 1.165) is 180 Å². The van der Waals surface area contributed by atoms with Crippen molar-refractivity contribution in [1.82, 2.24) is 124 Å². The smallest absolute Gasteiger partial charge is 0.183 e. The molecule has 144 heavy (non-hydrogen) atoms. The van der Waals surface area contributed by atoms with Crippen LogP contribution in [-0.2, 0) is 70.5 Å². The van der Waals surface area contributed by atoms with Gasteiger partial charge < -0.3 is 38.0 Å². The molecule has 0 saturated carbocycles. The summed E-state index contributed by atoms with van der Waals surface area (Å²) in [6.07, 6.45) is 26.7. The number of carbonyl (C=O) groups is 4. The highest BCUT2D eigenvalue weighted by atomic mass is 16.5. The highest BCUT2D eigenvalue weighted by molar-refractivity contribution is 5.93. The minimum Gasteiger partial charge on any atom is -0.360 e. The van der Waals surface area contributed by atoms with Crippen LogP contribution in [0.15, 0.2) is 354 Å². The van der Waals surface area contributed by atoms with Gasteiger partial charge in [-0.05, 0) is 97.5 Å². The van der Waals surface area contributed by atoms with Crippen molar-refractivity contribution in [2.24, 2.45) is 0 Å². The fourth-order valence-electron chi connectivity index (χ4n) is 16.8. The number of benzene rings is 7. The normalized spacial score (nSPS) is 11.2. The summed E-state index contributed by atoms with van der Waals surface area (Å²) in [6, 6.07) is 79.8. The summed E-state index contributed by atoms with van der Waals surface area (Å²) in [4.78, 5) is 121. The molecule has 0 saturated heterocycles. The van der Waals surface area contributed by atoms with Gasteiger partial charge >= 0.3 is 0 Å². The Kier molecular flexibility index (Phi) is 25.9. The van der Waals surface area contributed by atoms with Crippen LogP contribution in [0.3, 0.4) is 0 Å². The van der Waals surface area contributed by atoms with E-state index >= 15 is 0 Å². The van der Waals surface area contributed by atoms with Gasteiger partial charge in [-0.1, -0.05) is 209 Å². The van der Waals surface area contributed by atoms with Gasteiger partial charge in [0.1, 0.15) is 141 Å². The highest BCUT2D eigenvalue weighted by Gasteiger charge is 2.23. The third kappa shape index (κ3) is 21.1. The molecule has 0 spiro atoms. The lowest BCUT2D eigenvalue weighted by molar-refractivity contribution is -0.118. The number of imidazole rings is 6. The lowest BCUT2D eigenvalue weighted by Crippen LogP contribution is -2.05. The van der Waals surface area contributed by atoms with Crippen LogP contribution in [0.4, 0.5) is 0 Å². The first-order valence-electron chi connectivity index (χ1n) is 46.2. The topological polar surface area (TPSA) is 423 Å². The molecule has 0 atom stereocenters. The van der Waals surface area contributed by atoms with Crippen LogP contribution >= 0.6 is 0 Å². The van der Waals surface area contributed by atoms with Crippen molar-refractivity contribution in [3.8, 4) is 114 Å². The molecule has 0 fully saturated rings. The van der Waals surface area contributed by atoms with Crippen molar-refractivity contribution in [3.05, 3.63) is 404 Å². The summed E-state index contributed by atoms with van der Waals surface area (Å²) < 4.78 is 29.0. The van der Waals surface area contributed by atoms with E-state index in [1.54, 1.807) is 62.5 Å². The number of hydrogen-bond acceptors (Lipinski definition) is 25. The van der Waals surface area contributed by atoms with E-state index in [9.17, 15) is 19.2 Å². The summed E-state index contributed by atoms with van der Waals surface area (Å²) in [7, 11) is 0. The molecular weight excluding hydrogens is 1810 g/mol. The number of pyridine rings is 3. The van der Waals surface area contributed by atoms with Crippen LogP contribution in [0, 0.1) is 27.7 Å². The molecule has 0 bridgehead atoms. The van der Waals surface area contributed by atoms with E-state index in [2.05, 4.69) is 106 Å². The molecule has 17 heterocycles. The molecule has 7 aromatic carbocycles. The van der Waals surface area contributed by atoms with Crippen LogP contribution in [-0.4, -0.2) is 147 Å². The molecule has 0 aliphatic carbocycles. The number of fused-ring (bicyclic) bond motifs is 4. The summed E-state index contributed by atoms with van der Waals surface area (Å²) in [5, 5.41) is 18.3. The zero-order valence-corrected chi connectivity index (χ0v) is 78.1. The van der Waals surface area contributed by atoms with Crippen LogP contribution in [0.1, 0.15) is 68.1 Å². The third-order valence-electron chi connectivity index (χ3n) is 23.9. The molecule has 0 unspecified atom stereocenters. The molecule has 0 radical (unpaired) electrons. The number of aryl methyl sites for hydroxylation is 4. The Morgan fingerprint density at radius 3 is 1.08 bits per heavy atom. The Morgan fingerprint density at radius 2 is 0.653 bits per heavy atom. The van der Waals surface area contributed by atoms with Crippen LogP contribution in [0.25, 0.3) is 158 Å². The Hall–Kier alpha value is -19.5. The number of H-pyrrole nitrogens is 4. The number of rotatable bonds is 28. The molecule has 24 rings (SSSR count). The number of carbonyl (C=O) groups excluding carboxylic acids is 4. The lowest BCUT2D eigenvalue weighted by Gasteiger charge is -2.02. The Labute approximate surface area is 820 Å². The minimum atomic E-state index is 0.0512. The zero-order valence-electron chi connectivity index (χ0n) is 78.1. The predicted octanol–water partition coefficient (Wildman–Crippen LogP) is 19.9. The third-order valence-corrected chi connectivity index (χ3v) is 23.9. The number of ketones is 4. The molecule has 0 amide bonds. The Balaban J connectivity index is 0.000000113. The van der Waals surface area contributed by atoms with Gasteiger partial charge in [-0.2, -0.15) is 0 Å². The standard InChI is InChI=1S/C29H23N5O2.C28H22N6O2.2C27H21N7O2/c1-19-17-34(18-31-19)29-25-16-27(32-26(25)11-12-30-29)22-9-7-20(8-10-22)13-23(35)14-24-15-28(33-36-24)21-5-3-2-4-6-21;1-18-15-34(17-31-18)28-24-14-25(32-27(24)29-16-30-28)21-9-7-19(8-10-21)11-22(35)12-23-13-26(33-36-23)20-5-3-2-4-6-20;1-17-15-34(16-30-17)27-25-23(8-11-29-27)31-26(32-25)20-4-2-18(3-5-20)12-21(35)13-22-14-24(33-36-22)19-6-9-28-10-7-19;1-17-14-34(16-30-17)27-24-26(28-15-29-27)32-25(31-24)20-9-7-18(8-10-20)11-21(35)12-22-13-23(33-36-22)19-5-3-2-4-6-19/h2-12,15-18,32H,13-14H2,1H3;2-10,13-17H,11-12H2,1H3,(H,29,30,32);2-11,14-16H,12-13H2,1H3,(H,31,32);2-10,13-16H,11-12H2,1H3,(H,28,29,31,32). The fourth-order valence-corrected chi connectivity index (χ4v) is 16.8. The maximum absolute atomic E-state index is 12.7. The van der Waals surface area contributed by atoms with Gasteiger partial charge in [-0.3, -0.25) is 42.4 Å². The second-order valence-electron chi connectivity index (χ2n) is 34.6. The van der Waals surface area contributed by atoms with Crippen molar-refractivity contribution >= 4 is 67.3 Å². The molecule has 17 aromatic heterocycles. The van der Waals surface area contributed by atoms with Crippen LogP contribution < -0.4 is 0 Å². The fraction of sp³-hybridized carbons (Fsp3) is 0.108.